The van der Waals surface area contributed by atoms with Crippen LogP contribution in [0.15, 0.2) is 36.5 Å². The third kappa shape index (κ3) is 4.07. The molecule has 1 heterocycles. The van der Waals surface area contributed by atoms with E-state index >= 15 is 0 Å². The van der Waals surface area contributed by atoms with Gasteiger partial charge in [-0.05, 0) is 67.9 Å². The van der Waals surface area contributed by atoms with Crippen molar-refractivity contribution in [1.29, 1.82) is 0 Å². The molecule has 0 saturated heterocycles. The summed E-state index contributed by atoms with van der Waals surface area (Å²) in [4.78, 5) is 16.7. The number of rotatable bonds is 7. The third-order valence-electron chi connectivity index (χ3n) is 4.48. The van der Waals surface area contributed by atoms with E-state index in [0.29, 0.717) is 35.6 Å². The maximum Gasteiger partial charge on any atom is 0.271 e. The molecule has 6 heteroatoms. The van der Waals surface area contributed by atoms with Crippen molar-refractivity contribution in [2.24, 2.45) is 5.92 Å². The van der Waals surface area contributed by atoms with Gasteiger partial charge in [-0.2, -0.15) is 0 Å². The number of ether oxygens (including phenoxy) is 1. The van der Waals surface area contributed by atoms with Crippen LogP contribution < -0.4 is 15.6 Å². The Balaban J connectivity index is 1.42. The number of carbonyl (C=O) groups excluding carboxylic acids is 1. The Kier molecular flexibility index (Phi) is 4.26. The van der Waals surface area contributed by atoms with Crippen LogP contribution in [0.3, 0.4) is 0 Å². The van der Waals surface area contributed by atoms with Crippen LogP contribution in [0, 0.1) is 11.7 Å². The monoisotopic (exact) mass is 341 g/mol. The van der Waals surface area contributed by atoms with Gasteiger partial charge < -0.3 is 4.74 Å². The maximum absolute atomic E-state index is 12.9. The first-order valence-corrected chi connectivity index (χ1v) is 8.64. The fraction of sp³-hybridized carbons (Fsp3) is 0.368. The van der Waals surface area contributed by atoms with Crippen molar-refractivity contribution >= 4 is 11.6 Å². The minimum Gasteiger partial charge on any atom is -0.477 e. The topological polar surface area (TPSA) is 63.2 Å². The first kappa shape index (κ1) is 15.9. The van der Waals surface area contributed by atoms with E-state index in [9.17, 15) is 9.18 Å². The van der Waals surface area contributed by atoms with Crippen LogP contribution in [0.5, 0.6) is 5.88 Å². The van der Waals surface area contributed by atoms with Gasteiger partial charge in [0.25, 0.3) is 5.91 Å². The number of aromatic nitrogens is 1. The average molecular weight is 341 g/mol. The van der Waals surface area contributed by atoms with Crippen molar-refractivity contribution in [2.45, 2.75) is 31.6 Å². The zero-order valence-corrected chi connectivity index (χ0v) is 13.8. The molecule has 2 aliphatic rings. The molecule has 0 atom stereocenters. The van der Waals surface area contributed by atoms with Crippen LogP contribution in [0.1, 0.15) is 47.5 Å². The van der Waals surface area contributed by atoms with E-state index in [0.717, 1.165) is 18.4 Å². The number of hydrazine groups is 1. The molecule has 1 aromatic carbocycles. The molecule has 0 unspecified atom stereocenters. The summed E-state index contributed by atoms with van der Waals surface area (Å²) >= 11 is 0. The number of hydrogen-bond acceptors (Lipinski definition) is 4. The average Bonchev–Trinajstić information content (AvgIpc) is 3.53. The van der Waals surface area contributed by atoms with Gasteiger partial charge in [0.1, 0.15) is 5.82 Å². The minimum atomic E-state index is -0.322. The SMILES string of the molecule is O=C(NNc1ccc(F)cc1)c1cnc(OCC2CC2)c(C2CC2)c1. The van der Waals surface area contributed by atoms with E-state index in [4.69, 9.17) is 4.74 Å². The minimum absolute atomic E-state index is 0.285. The maximum atomic E-state index is 12.9. The zero-order valence-electron chi connectivity index (χ0n) is 13.8. The molecule has 0 radical (unpaired) electrons. The van der Waals surface area contributed by atoms with Crippen molar-refractivity contribution in [3.8, 4) is 5.88 Å². The highest BCUT2D eigenvalue weighted by Gasteiger charge is 2.30. The summed E-state index contributed by atoms with van der Waals surface area (Å²) in [6, 6.07) is 7.63. The van der Waals surface area contributed by atoms with E-state index in [1.165, 1.54) is 31.2 Å². The van der Waals surface area contributed by atoms with Gasteiger partial charge in [0.15, 0.2) is 0 Å². The number of carbonyl (C=O) groups is 1. The van der Waals surface area contributed by atoms with Crippen LogP contribution >= 0.6 is 0 Å². The van der Waals surface area contributed by atoms with Gasteiger partial charge >= 0.3 is 0 Å². The summed E-state index contributed by atoms with van der Waals surface area (Å²) in [7, 11) is 0. The first-order valence-electron chi connectivity index (χ1n) is 8.64. The Hall–Kier alpha value is -2.63. The molecule has 1 aromatic heterocycles. The van der Waals surface area contributed by atoms with Gasteiger partial charge in [0.05, 0.1) is 17.9 Å². The van der Waals surface area contributed by atoms with Gasteiger partial charge in [0.2, 0.25) is 5.88 Å². The zero-order chi connectivity index (χ0) is 17.2. The highest BCUT2D eigenvalue weighted by molar-refractivity contribution is 5.94. The second-order valence-electron chi connectivity index (χ2n) is 6.73. The highest BCUT2D eigenvalue weighted by atomic mass is 19.1. The molecule has 1 amide bonds. The predicted molar refractivity (Wildman–Crippen MR) is 91.9 cm³/mol. The third-order valence-corrected chi connectivity index (χ3v) is 4.48. The van der Waals surface area contributed by atoms with Crippen molar-refractivity contribution in [3.63, 3.8) is 0 Å². The lowest BCUT2D eigenvalue weighted by atomic mass is 10.1. The van der Waals surface area contributed by atoms with E-state index in [1.807, 2.05) is 6.07 Å². The van der Waals surface area contributed by atoms with E-state index in [2.05, 4.69) is 15.8 Å². The van der Waals surface area contributed by atoms with Gasteiger partial charge in [-0.3, -0.25) is 15.6 Å². The summed E-state index contributed by atoms with van der Waals surface area (Å²) in [5, 5.41) is 0. The van der Waals surface area contributed by atoms with Crippen molar-refractivity contribution in [1.82, 2.24) is 10.4 Å². The van der Waals surface area contributed by atoms with Gasteiger partial charge in [-0.25, -0.2) is 9.37 Å². The number of benzene rings is 1. The summed E-state index contributed by atoms with van der Waals surface area (Å²) in [5.74, 6) is 1.16. The van der Waals surface area contributed by atoms with Gasteiger partial charge in [-0.15, -0.1) is 0 Å². The summed E-state index contributed by atoms with van der Waals surface area (Å²) < 4.78 is 18.7. The van der Waals surface area contributed by atoms with Crippen LogP contribution in [-0.4, -0.2) is 17.5 Å². The Morgan fingerprint density at radius 3 is 2.64 bits per heavy atom. The number of anilines is 1. The Labute approximate surface area is 145 Å². The standard InChI is InChI=1S/C19H20FN3O2/c20-15-5-7-16(8-6-15)22-23-18(24)14-9-17(13-3-4-13)19(21-10-14)25-11-12-1-2-12/h5-10,12-13,22H,1-4,11H2,(H,23,24). The lowest BCUT2D eigenvalue weighted by Crippen LogP contribution is -2.29. The molecule has 4 rings (SSSR count). The second-order valence-corrected chi connectivity index (χ2v) is 6.73. The summed E-state index contributed by atoms with van der Waals surface area (Å²) in [6.45, 7) is 0.713. The Morgan fingerprint density at radius 1 is 1.20 bits per heavy atom. The lowest BCUT2D eigenvalue weighted by molar-refractivity contribution is 0.0962. The predicted octanol–water partition coefficient (Wildman–Crippen LogP) is 3.64. The molecular weight excluding hydrogens is 321 g/mol. The number of halogens is 1. The second kappa shape index (κ2) is 6.70. The van der Waals surface area contributed by atoms with Gasteiger partial charge in [-0.1, -0.05) is 0 Å². The molecule has 2 N–H and O–H groups in total. The normalized spacial score (nSPS) is 16.4. The van der Waals surface area contributed by atoms with Crippen molar-refractivity contribution < 1.29 is 13.9 Å². The Bertz CT molecular complexity index is 771. The van der Waals surface area contributed by atoms with Crippen LogP contribution in [0.2, 0.25) is 0 Å². The first-order chi connectivity index (χ1) is 12.2. The molecule has 0 spiro atoms. The number of nitrogens with one attached hydrogen (secondary N) is 2. The molecular formula is C19H20FN3O2. The smallest absolute Gasteiger partial charge is 0.271 e. The molecule has 0 aliphatic heterocycles. The molecule has 130 valence electrons. The van der Waals surface area contributed by atoms with Crippen molar-refractivity contribution in [2.75, 3.05) is 12.0 Å². The summed E-state index contributed by atoms with van der Waals surface area (Å²) in [6.07, 6.45) is 6.22. The quantitative estimate of drug-likeness (QED) is 0.755. The Morgan fingerprint density at radius 2 is 1.96 bits per heavy atom. The molecule has 25 heavy (non-hydrogen) atoms. The van der Waals surface area contributed by atoms with Gasteiger partial charge in [0, 0.05) is 11.8 Å². The number of hydrogen-bond donors (Lipinski definition) is 2. The molecule has 2 saturated carbocycles. The lowest BCUT2D eigenvalue weighted by Gasteiger charge is -2.12. The molecule has 2 fully saturated rings. The van der Waals surface area contributed by atoms with Crippen LogP contribution in [0.25, 0.3) is 0 Å². The largest absolute Gasteiger partial charge is 0.477 e. The summed E-state index contributed by atoms with van der Waals surface area (Å²) in [5.41, 5.74) is 7.49. The van der Waals surface area contributed by atoms with E-state index in [-0.39, 0.29) is 11.7 Å². The fourth-order valence-electron chi connectivity index (χ4n) is 2.62. The molecule has 5 nitrogen and oxygen atoms in total. The fourth-order valence-corrected chi connectivity index (χ4v) is 2.62. The van der Waals surface area contributed by atoms with Crippen LogP contribution in [-0.2, 0) is 0 Å². The molecule has 2 aromatic rings. The molecule has 2 aliphatic carbocycles. The van der Waals surface area contributed by atoms with Crippen LogP contribution in [0.4, 0.5) is 10.1 Å². The number of pyridine rings is 1. The van der Waals surface area contributed by atoms with Crippen molar-refractivity contribution in [3.05, 3.63) is 53.5 Å². The highest BCUT2D eigenvalue weighted by Crippen LogP contribution is 2.44. The number of nitrogens with zero attached hydrogens (tertiary/aromatic N) is 1. The van der Waals surface area contributed by atoms with E-state index < -0.39 is 0 Å². The van der Waals surface area contributed by atoms with E-state index in [1.54, 1.807) is 12.1 Å². The number of amides is 1. The molecule has 0 bridgehead atoms.